The highest BCUT2D eigenvalue weighted by Gasteiger charge is 2.15. The molecular weight excluding hydrogens is 265 g/mol. The fourth-order valence-corrected chi connectivity index (χ4v) is 4.35. The molecule has 0 aromatic heterocycles. The van der Waals surface area contributed by atoms with Gasteiger partial charge in [0.1, 0.15) is 0 Å². The first-order chi connectivity index (χ1) is 9.68. The second-order valence-corrected chi connectivity index (χ2v) is 7.20. The molecule has 0 unspecified atom stereocenters. The van der Waals surface area contributed by atoms with Gasteiger partial charge in [0.2, 0.25) is 5.91 Å². The third kappa shape index (κ3) is 3.91. The van der Waals surface area contributed by atoms with Crippen LogP contribution in [0.15, 0.2) is 60.7 Å². The SMILES string of the molecule is CN(C)C(=O)CCP(c1ccccc1)c1ccccc1. The van der Waals surface area contributed by atoms with Gasteiger partial charge in [-0.2, -0.15) is 0 Å². The van der Waals surface area contributed by atoms with Gasteiger partial charge in [0, 0.05) is 20.5 Å². The zero-order valence-corrected chi connectivity index (χ0v) is 12.9. The van der Waals surface area contributed by atoms with E-state index in [9.17, 15) is 4.79 Å². The van der Waals surface area contributed by atoms with E-state index in [-0.39, 0.29) is 5.91 Å². The van der Waals surface area contributed by atoms with Gasteiger partial charge in [-0.15, -0.1) is 0 Å². The number of carbonyl (C=O) groups excluding carboxylic acids is 1. The van der Waals surface area contributed by atoms with Crippen molar-refractivity contribution in [1.29, 1.82) is 0 Å². The van der Waals surface area contributed by atoms with E-state index in [4.69, 9.17) is 0 Å². The van der Waals surface area contributed by atoms with Crippen molar-refractivity contribution < 1.29 is 4.79 Å². The van der Waals surface area contributed by atoms with E-state index >= 15 is 0 Å². The fraction of sp³-hybridized carbons (Fsp3) is 0.235. The lowest BCUT2D eigenvalue weighted by Crippen LogP contribution is -2.24. The molecule has 0 heterocycles. The largest absolute Gasteiger partial charge is 0.349 e. The van der Waals surface area contributed by atoms with Gasteiger partial charge in [-0.05, 0) is 24.7 Å². The summed E-state index contributed by atoms with van der Waals surface area (Å²) in [6, 6.07) is 21.0. The van der Waals surface area contributed by atoms with Crippen molar-refractivity contribution in [3.05, 3.63) is 60.7 Å². The van der Waals surface area contributed by atoms with Crippen LogP contribution in [0, 0.1) is 0 Å². The Morgan fingerprint density at radius 2 is 1.35 bits per heavy atom. The molecule has 2 aromatic rings. The third-order valence-corrected chi connectivity index (χ3v) is 5.70. The lowest BCUT2D eigenvalue weighted by Gasteiger charge is -2.19. The first-order valence-electron chi connectivity index (χ1n) is 6.76. The van der Waals surface area contributed by atoms with Crippen molar-refractivity contribution in [3.8, 4) is 0 Å². The highest BCUT2D eigenvalue weighted by atomic mass is 31.1. The summed E-state index contributed by atoms with van der Waals surface area (Å²) >= 11 is 0. The number of hydrogen-bond donors (Lipinski definition) is 0. The molecule has 0 bridgehead atoms. The molecule has 0 aliphatic carbocycles. The Kier molecular flexibility index (Phi) is 5.31. The quantitative estimate of drug-likeness (QED) is 0.773. The molecule has 0 saturated carbocycles. The molecule has 0 spiro atoms. The fourth-order valence-electron chi connectivity index (χ4n) is 2.05. The van der Waals surface area contributed by atoms with E-state index in [1.807, 2.05) is 26.2 Å². The molecule has 2 nitrogen and oxygen atoms in total. The number of hydrogen-bond acceptors (Lipinski definition) is 1. The predicted molar refractivity (Wildman–Crippen MR) is 87.3 cm³/mol. The van der Waals surface area contributed by atoms with Crippen molar-refractivity contribution in [1.82, 2.24) is 4.90 Å². The molecule has 0 saturated heterocycles. The van der Waals surface area contributed by atoms with Crippen LogP contribution in [0.3, 0.4) is 0 Å². The minimum atomic E-state index is -0.456. The van der Waals surface area contributed by atoms with Gasteiger partial charge in [-0.25, -0.2) is 0 Å². The number of rotatable bonds is 5. The molecule has 0 aliphatic rings. The minimum Gasteiger partial charge on any atom is -0.349 e. The number of carbonyl (C=O) groups is 1. The molecule has 20 heavy (non-hydrogen) atoms. The van der Waals surface area contributed by atoms with Gasteiger partial charge in [-0.1, -0.05) is 60.7 Å². The van der Waals surface area contributed by atoms with Crippen LogP contribution in [0.2, 0.25) is 0 Å². The third-order valence-electron chi connectivity index (χ3n) is 3.18. The Hall–Kier alpha value is -1.66. The number of nitrogens with zero attached hydrogens (tertiary/aromatic N) is 1. The highest BCUT2D eigenvalue weighted by molar-refractivity contribution is 7.73. The summed E-state index contributed by atoms with van der Waals surface area (Å²) in [5.74, 6) is 0.198. The van der Waals surface area contributed by atoms with Crippen LogP contribution in [0.25, 0.3) is 0 Å². The lowest BCUT2D eigenvalue weighted by atomic mass is 10.4. The summed E-state index contributed by atoms with van der Waals surface area (Å²) in [5, 5.41) is 2.67. The minimum absolute atomic E-state index is 0.198. The lowest BCUT2D eigenvalue weighted by molar-refractivity contribution is -0.128. The molecular formula is C17H20NOP. The molecule has 0 N–H and O–H groups in total. The standard InChI is InChI=1S/C17H20NOP/c1-18(2)17(19)13-14-20(15-9-5-3-6-10-15)16-11-7-4-8-12-16/h3-12H,13-14H2,1-2H3. The van der Waals surface area contributed by atoms with Crippen molar-refractivity contribution in [2.75, 3.05) is 20.3 Å². The summed E-state index contributed by atoms with van der Waals surface area (Å²) in [6.07, 6.45) is 1.50. The smallest absolute Gasteiger partial charge is 0.222 e. The van der Waals surface area contributed by atoms with Crippen molar-refractivity contribution in [3.63, 3.8) is 0 Å². The van der Waals surface area contributed by atoms with Crippen molar-refractivity contribution in [2.45, 2.75) is 6.42 Å². The highest BCUT2D eigenvalue weighted by Crippen LogP contribution is 2.34. The zero-order valence-electron chi connectivity index (χ0n) is 12.0. The Labute approximate surface area is 122 Å². The van der Waals surface area contributed by atoms with Crippen LogP contribution < -0.4 is 10.6 Å². The van der Waals surface area contributed by atoms with E-state index in [2.05, 4.69) is 48.5 Å². The summed E-state index contributed by atoms with van der Waals surface area (Å²) in [5.41, 5.74) is 0. The van der Waals surface area contributed by atoms with Gasteiger partial charge < -0.3 is 4.90 Å². The summed E-state index contributed by atoms with van der Waals surface area (Å²) < 4.78 is 0. The average molecular weight is 285 g/mol. The van der Waals surface area contributed by atoms with Gasteiger partial charge in [-0.3, -0.25) is 4.79 Å². The summed E-state index contributed by atoms with van der Waals surface area (Å²) in [6.45, 7) is 0. The Balaban J connectivity index is 2.20. The first kappa shape index (κ1) is 14.7. The van der Waals surface area contributed by atoms with E-state index in [1.165, 1.54) is 10.6 Å². The summed E-state index contributed by atoms with van der Waals surface area (Å²) in [7, 11) is 3.17. The van der Waals surface area contributed by atoms with Crippen LogP contribution in [0.1, 0.15) is 6.42 Å². The monoisotopic (exact) mass is 285 g/mol. The van der Waals surface area contributed by atoms with Gasteiger partial charge in [0.05, 0.1) is 0 Å². The van der Waals surface area contributed by atoms with Gasteiger partial charge >= 0.3 is 0 Å². The van der Waals surface area contributed by atoms with Gasteiger partial charge in [0.25, 0.3) is 0 Å². The van der Waals surface area contributed by atoms with Crippen LogP contribution in [0.4, 0.5) is 0 Å². The average Bonchev–Trinajstić information content (AvgIpc) is 2.49. The molecule has 0 radical (unpaired) electrons. The Morgan fingerprint density at radius 3 is 1.75 bits per heavy atom. The Morgan fingerprint density at radius 1 is 0.900 bits per heavy atom. The maximum absolute atomic E-state index is 11.8. The molecule has 1 amide bonds. The van der Waals surface area contributed by atoms with E-state index in [0.29, 0.717) is 6.42 Å². The predicted octanol–water partition coefficient (Wildman–Crippen LogP) is 2.60. The second-order valence-electron chi connectivity index (χ2n) is 4.86. The van der Waals surface area contributed by atoms with Crippen molar-refractivity contribution in [2.24, 2.45) is 0 Å². The molecule has 0 atom stereocenters. The molecule has 0 aliphatic heterocycles. The van der Waals surface area contributed by atoms with Crippen molar-refractivity contribution >= 4 is 24.4 Å². The normalized spacial score (nSPS) is 10.6. The van der Waals surface area contributed by atoms with E-state index in [1.54, 1.807) is 4.90 Å². The van der Waals surface area contributed by atoms with Crippen LogP contribution >= 0.6 is 7.92 Å². The van der Waals surface area contributed by atoms with E-state index < -0.39 is 7.92 Å². The second kappa shape index (κ2) is 7.21. The van der Waals surface area contributed by atoms with E-state index in [0.717, 1.165) is 6.16 Å². The Bertz CT molecular complexity index is 500. The molecule has 0 fully saturated rings. The maximum atomic E-state index is 11.8. The number of amides is 1. The van der Waals surface area contributed by atoms with Crippen LogP contribution in [0.5, 0.6) is 0 Å². The summed E-state index contributed by atoms with van der Waals surface area (Å²) in [4.78, 5) is 13.5. The molecule has 3 heteroatoms. The molecule has 2 rings (SSSR count). The maximum Gasteiger partial charge on any atom is 0.222 e. The molecule has 2 aromatic carbocycles. The topological polar surface area (TPSA) is 20.3 Å². The van der Waals surface area contributed by atoms with Gasteiger partial charge in [0.15, 0.2) is 0 Å². The van der Waals surface area contributed by atoms with Crippen LogP contribution in [-0.4, -0.2) is 31.1 Å². The number of benzene rings is 2. The first-order valence-corrected chi connectivity index (χ1v) is 8.29. The zero-order chi connectivity index (χ0) is 14.4. The molecule has 104 valence electrons. The van der Waals surface area contributed by atoms with Crippen LogP contribution in [-0.2, 0) is 4.79 Å².